The van der Waals surface area contributed by atoms with Gasteiger partial charge in [-0.2, -0.15) is 0 Å². The minimum atomic E-state index is 0.0857. The van der Waals surface area contributed by atoms with E-state index in [1.807, 2.05) is 42.2 Å². The van der Waals surface area contributed by atoms with Crippen molar-refractivity contribution in [2.75, 3.05) is 36.8 Å². The van der Waals surface area contributed by atoms with Crippen molar-refractivity contribution in [1.29, 1.82) is 0 Å². The molecular formula is C20H22N6O. The van der Waals surface area contributed by atoms with Crippen molar-refractivity contribution in [2.45, 2.75) is 13.3 Å². The summed E-state index contributed by atoms with van der Waals surface area (Å²) in [6.07, 6.45) is 2.40. The zero-order valence-corrected chi connectivity index (χ0v) is 15.3. The largest absolute Gasteiger partial charge is 0.384 e. The summed E-state index contributed by atoms with van der Waals surface area (Å²) in [5.41, 5.74) is 8.20. The van der Waals surface area contributed by atoms with Gasteiger partial charge in [0.15, 0.2) is 5.65 Å². The minimum absolute atomic E-state index is 0.0857. The van der Waals surface area contributed by atoms with E-state index >= 15 is 0 Å². The molecule has 0 radical (unpaired) electrons. The van der Waals surface area contributed by atoms with Gasteiger partial charge in [-0.3, -0.25) is 4.79 Å². The van der Waals surface area contributed by atoms with Gasteiger partial charge in [-0.15, -0.1) is 0 Å². The summed E-state index contributed by atoms with van der Waals surface area (Å²) in [6, 6.07) is 11.4. The molecule has 138 valence electrons. The predicted octanol–water partition coefficient (Wildman–Crippen LogP) is 2.27. The van der Waals surface area contributed by atoms with Crippen molar-refractivity contribution < 1.29 is 4.79 Å². The lowest BCUT2D eigenvalue weighted by Gasteiger charge is -2.23. The number of aryl methyl sites for hydroxylation is 1. The molecule has 1 aromatic carbocycles. The van der Waals surface area contributed by atoms with Crippen LogP contribution in [0.25, 0.3) is 11.0 Å². The fraction of sp³-hybridized carbons (Fsp3) is 0.300. The average Bonchev–Trinajstić information content (AvgIpc) is 2.93. The number of fused-ring (bicyclic) bond motifs is 1. The molecule has 0 saturated carbocycles. The Bertz CT molecular complexity index is 989. The molecule has 0 atom stereocenters. The quantitative estimate of drug-likeness (QED) is 0.752. The van der Waals surface area contributed by atoms with E-state index < -0.39 is 0 Å². The van der Waals surface area contributed by atoms with Crippen molar-refractivity contribution in [3.8, 4) is 0 Å². The van der Waals surface area contributed by atoms with Gasteiger partial charge in [0.1, 0.15) is 18.0 Å². The molecule has 0 spiro atoms. The second kappa shape index (κ2) is 7.19. The highest BCUT2D eigenvalue weighted by Gasteiger charge is 2.22. The number of rotatable bonds is 2. The topological polar surface area (TPSA) is 88.2 Å². The maximum atomic E-state index is 12.9. The molecular weight excluding hydrogens is 340 g/mol. The second-order valence-corrected chi connectivity index (χ2v) is 6.81. The van der Waals surface area contributed by atoms with E-state index in [1.165, 1.54) is 6.33 Å². The molecule has 0 bridgehead atoms. The van der Waals surface area contributed by atoms with Gasteiger partial charge in [-0.25, -0.2) is 15.0 Å². The number of hydrogen-bond donors (Lipinski definition) is 1. The van der Waals surface area contributed by atoms with Gasteiger partial charge in [-0.05, 0) is 37.6 Å². The van der Waals surface area contributed by atoms with Crippen LogP contribution in [0.2, 0.25) is 0 Å². The molecule has 2 aromatic heterocycles. The van der Waals surface area contributed by atoms with Crippen LogP contribution < -0.4 is 10.6 Å². The molecule has 27 heavy (non-hydrogen) atoms. The number of amides is 1. The zero-order valence-electron chi connectivity index (χ0n) is 15.3. The van der Waals surface area contributed by atoms with E-state index in [1.54, 1.807) is 6.07 Å². The first kappa shape index (κ1) is 17.2. The second-order valence-electron chi connectivity index (χ2n) is 6.81. The molecule has 7 nitrogen and oxygen atoms in total. The van der Waals surface area contributed by atoms with Crippen LogP contribution in [0.4, 0.5) is 11.6 Å². The molecule has 1 aliphatic rings. The van der Waals surface area contributed by atoms with Crippen LogP contribution >= 0.6 is 0 Å². The number of pyridine rings is 1. The number of nitrogens with zero attached hydrogens (tertiary/aromatic N) is 5. The summed E-state index contributed by atoms with van der Waals surface area (Å²) in [4.78, 5) is 30.0. The Kier molecular flexibility index (Phi) is 4.58. The fourth-order valence-corrected chi connectivity index (χ4v) is 3.49. The highest BCUT2D eigenvalue weighted by atomic mass is 16.2. The van der Waals surface area contributed by atoms with Crippen LogP contribution in [-0.2, 0) is 0 Å². The molecule has 4 rings (SSSR count). The summed E-state index contributed by atoms with van der Waals surface area (Å²) < 4.78 is 0. The number of aromatic nitrogens is 3. The molecule has 1 aliphatic heterocycles. The van der Waals surface area contributed by atoms with Crippen LogP contribution in [0, 0.1) is 6.92 Å². The summed E-state index contributed by atoms with van der Waals surface area (Å²) >= 11 is 0. The van der Waals surface area contributed by atoms with Gasteiger partial charge in [0.05, 0.1) is 5.39 Å². The predicted molar refractivity (Wildman–Crippen MR) is 106 cm³/mol. The molecule has 3 aromatic rings. The van der Waals surface area contributed by atoms with Gasteiger partial charge < -0.3 is 15.5 Å². The first-order valence-electron chi connectivity index (χ1n) is 9.10. The van der Waals surface area contributed by atoms with E-state index in [9.17, 15) is 4.79 Å². The van der Waals surface area contributed by atoms with Crippen molar-refractivity contribution in [2.24, 2.45) is 0 Å². The summed E-state index contributed by atoms with van der Waals surface area (Å²) in [5, 5.41) is 0.880. The van der Waals surface area contributed by atoms with Crippen molar-refractivity contribution in [3.63, 3.8) is 0 Å². The third kappa shape index (κ3) is 3.53. The minimum Gasteiger partial charge on any atom is -0.384 e. The Morgan fingerprint density at radius 3 is 2.81 bits per heavy atom. The lowest BCUT2D eigenvalue weighted by Crippen LogP contribution is -2.35. The van der Waals surface area contributed by atoms with Crippen LogP contribution in [0.3, 0.4) is 0 Å². The zero-order chi connectivity index (χ0) is 18.8. The fourth-order valence-electron chi connectivity index (χ4n) is 3.49. The Balaban J connectivity index is 1.55. The SMILES string of the molecule is Cc1cccc(C(=O)N2CCCN(c3ncnc4nc(N)ccc34)CC2)c1. The number of anilines is 2. The van der Waals surface area contributed by atoms with Gasteiger partial charge in [0, 0.05) is 31.7 Å². The maximum absolute atomic E-state index is 12.9. The lowest BCUT2D eigenvalue weighted by molar-refractivity contribution is 0.0767. The van der Waals surface area contributed by atoms with Crippen LogP contribution in [0.15, 0.2) is 42.7 Å². The van der Waals surface area contributed by atoms with Crippen molar-refractivity contribution in [1.82, 2.24) is 19.9 Å². The van der Waals surface area contributed by atoms with E-state index in [-0.39, 0.29) is 5.91 Å². The van der Waals surface area contributed by atoms with Gasteiger partial charge >= 0.3 is 0 Å². The van der Waals surface area contributed by atoms with Crippen molar-refractivity contribution >= 4 is 28.6 Å². The van der Waals surface area contributed by atoms with E-state index in [4.69, 9.17) is 5.73 Å². The Labute approximate surface area is 157 Å². The van der Waals surface area contributed by atoms with Gasteiger partial charge in [0.25, 0.3) is 5.91 Å². The molecule has 7 heteroatoms. The molecule has 1 saturated heterocycles. The standard InChI is InChI=1S/C20H22N6O/c1-14-4-2-5-15(12-14)20(27)26-9-3-8-25(10-11-26)19-16-6-7-17(21)24-18(16)22-13-23-19/h2,4-7,12-13H,3,8-11H2,1H3,(H2,21,22,23,24). The number of benzene rings is 1. The molecule has 3 heterocycles. The highest BCUT2D eigenvalue weighted by Crippen LogP contribution is 2.24. The van der Waals surface area contributed by atoms with Crippen molar-refractivity contribution in [3.05, 3.63) is 53.9 Å². The molecule has 0 aliphatic carbocycles. The van der Waals surface area contributed by atoms with E-state index in [2.05, 4.69) is 19.9 Å². The summed E-state index contributed by atoms with van der Waals surface area (Å²) in [7, 11) is 0. The Morgan fingerprint density at radius 1 is 1.07 bits per heavy atom. The highest BCUT2D eigenvalue weighted by molar-refractivity contribution is 5.94. The molecule has 1 fully saturated rings. The molecule has 1 amide bonds. The third-order valence-corrected chi connectivity index (χ3v) is 4.85. The number of carbonyl (C=O) groups is 1. The molecule has 0 unspecified atom stereocenters. The first-order valence-corrected chi connectivity index (χ1v) is 9.10. The summed E-state index contributed by atoms with van der Waals surface area (Å²) in [5.74, 6) is 1.37. The number of nitrogen functional groups attached to an aromatic ring is 1. The maximum Gasteiger partial charge on any atom is 0.253 e. The van der Waals surface area contributed by atoms with E-state index in [0.717, 1.165) is 41.8 Å². The third-order valence-electron chi connectivity index (χ3n) is 4.85. The smallest absolute Gasteiger partial charge is 0.253 e. The number of carbonyl (C=O) groups excluding carboxylic acids is 1. The monoisotopic (exact) mass is 362 g/mol. The Hall–Kier alpha value is -3.22. The first-order chi connectivity index (χ1) is 13.1. The van der Waals surface area contributed by atoms with Gasteiger partial charge in [-0.1, -0.05) is 17.7 Å². The van der Waals surface area contributed by atoms with Crippen LogP contribution in [0.5, 0.6) is 0 Å². The lowest BCUT2D eigenvalue weighted by atomic mass is 10.1. The molecule has 2 N–H and O–H groups in total. The van der Waals surface area contributed by atoms with Gasteiger partial charge in [0.2, 0.25) is 0 Å². The average molecular weight is 362 g/mol. The number of hydrogen-bond acceptors (Lipinski definition) is 6. The Morgan fingerprint density at radius 2 is 1.96 bits per heavy atom. The number of nitrogens with two attached hydrogens (primary N) is 1. The van der Waals surface area contributed by atoms with Crippen LogP contribution in [0.1, 0.15) is 22.3 Å². The summed E-state index contributed by atoms with van der Waals surface area (Å²) in [6.45, 7) is 4.93. The van der Waals surface area contributed by atoms with E-state index in [0.29, 0.717) is 24.6 Å². The van der Waals surface area contributed by atoms with Crippen LogP contribution in [-0.4, -0.2) is 51.9 Å². The normalized spacial score (nSPS) is 15.0.